The van der Waals surface area contributed by atoms with Crippen molar-refractivity contribution in [1.29, 1.82) is 0 Å². The summed E-state index contributed by atoms with van der Waals surface area (Å²) in [5, 5.41) is 2.84. The van der Waals surface area contributed by atoms with Gasteiger partial charge in [0.25, 0.3) is 5.54 Å². The number of pyridine rings is 1. The summed E-state index contributed by atoms with van der Waals surface area (Å²) in [6.07, 6.45) is 23.3. The predicted octanol–water partition coefficient (Wildman–Crippen LogP) is 8.11. The van der Waals surface area contributed by atoms with Crippen molar-refractivity contribution < 1.29 is 33.2 Å². The van der Waals surface area contributed by atoms with Crippen molar-refractivity contribution in [2.75, 3.05) is 26.4 Å². The Morgan fingerprint density at radius 2 is 1.34 bits per heavy atom. The van der Waals surface area contributed by atoms with Crippen LogP contribution in [0.1, 0.15) is 145 Å². The minimum atomic E-state index is -2.09. The van der Waals surface area contributed by atoms with Gasteiger partial charge >= 0.3 is 12.1 Å². The van der Waals surface area contributed by atoms with Crippen LogP contribution in [-0.2, 0) is 31.1 Å². The van der Waals surface area contributed by atoms with Crippen LogP contribution in [0.2, 0.25) is 0 Å². The first-order chi connectivity index (χ1) is 24.4. The Morgan fingerprint density at radius 1 is 0.780 bits per heavy atom. The van der Waals surface area contributed by atoms with Gasteiger partial charge in [0, 0.05) is 30.8 Å². The van der Waals surface area contributed by atoms with Crippen molar-refractivity contribution in [1.82, 2.24) is 5.32 Å². The summed E-state index contributed by atoms with van der Waals surface area (Å²) in [5.74, 6) is -1.45. The number of aryl methyl sites for hydroxylation is 1. The fraction of sp³-hybridized carbons (Fsp3) is 0.659. The number of nitrogens with two attached hydrogens (primary N) is 1. The predicted molar refractivity (Wildman–Crippen MR) is 197 cm³/mol. The minimum absolute atomic E-state index is 0.0738. The Kier molecular flexibility index (Phi) is 19.1. The van der Waals surface area contributed by atoms with Crippen LogP contribution in [0.3, 0.4) is 0 Å². The first-order valence-electron chi connectivity index (χ1n) is 19.5. The van der Waals surface area contributed by atoms with Crippen LogP contribution in [0.4, 0.5) is 4.79 Å². The number of esters is 1. The van der Waals surface area contributed by atoms with Gasteiger partial charge in [0.2, 0.25) is 11.5 Å². The highest BCUT2D eigenvalue weighted by Crippen LogP contribution is 2.29. The van der Waals surface area contributed by atoms with Gasteiger partial charge in [0.1, 0.15) is 25.4 Å². The number of carbonyl (C=O) groups is 3. The summed E-state index contributed by atoms with van der Waals surface area (Å²) in [5.41, 5.74) is 4.27. The lowest BCUT2D eigenvalue weighted by Crippen LogP contribution is -2.60. The molecule has 1 amide bonds. The number of ketones is 1. The van der Waals surface area contributed by atoms with Crippen LogP contribution in [0.25, 0.3) is 0 Å². The maximum atomic E-state index is 13.8. The average molecular weight is 695 g/mol. The van der Waals surface area contributed by atoms with E-state index in [9.17, 15) is 14.4 Å². The quantitative estimate of drug-likeness (QED) is 0.0336. The third-order valence-electron chi connectivity index (χ3n) is 9.82. The summed E-state index contributed by atoms with van der Waals surface area (Å²) in [6, 6.07) is 13.7. The molecule has 1 saturated heterocycles. The molecule has 0 bridgehead atoms. The van der Waals surface area contributed by atoms with Gasteiger partial charge in [-0.3, -0.25) is 4.79 Å². The van der Waals surface area contributed by atoms with Crippen molar-refractivity contribution in [2.45, 2.75) is 147 Å². The number of unbranched alkanes of at least 4 members (excludes halogenated alkanes) is 15. The number of alkyl carbamates (subject to hydrolysis) is 1. The molecule has 0 radical (unpaired) electrons. The van der Waals surface area contributed by atoms with E-state index < -0.39 is 29.0 Å². The Bertz CT molecular complexity index is 1270. The van der Waals surface area contributed by atoms with Crippen molar-refractivity contribution in [3.05, 3.63) is 66.0 Å². The van der Waals surface area contributed by atoms with E-state index in [1.54, 1.807) is 53.2 Å². The standard InChI is InChI=1S/C41H63N3O6/c1-3-5-6-7-8-9-10-11-12-13-14-15-16-17-18-23-30-43-39(47)49-34-40(29-25-32-50-40)33-48-38(46)41(42,36-28-22-24-31-44(36)4-2)37(45)35-26-20-19-21-27-35/h19-22,24,26-28,31H,3-18,23,25,29-30,32-34,42H2,1-2H3/p+1. The molecule has 1 aromatic heterocycles. The van der Waals surface area contributed by atoms with Gasteiger partial charge in [-0.1, -0.05) is 140 Å². The number of carbonyl (C=O) groups excluding carboxylic acids is 3. The van der Waals surface area contributed by atoms with Gasteiger partial charge in [0.15, 0.2) is 6.20 Å². The van der Waals surface area contributed by atoms with Crippen molar-refractivity contribution in [2.24, 2.45) is 5.73 Å². The molecule has 1 fully saturated rings. The van der Waals surface area contributed by atoms with E-state index >= 15 is 0 Å². The number of benzene rings is 1. The second-order valence-corrected chi connectivity index (χ2v) is 13.9. The summed E-state index contributed by atoms with van der Waals surface area (Å²) < 4.78 is 19.1. The Hall–Kier alpha value is -3.30. The van der Waals surface area contributed by atoms with E-state index in [-0.39, 0.29) is 13.2 Å². The molecule has 278 valence electrons. The van der Waals surface area contributed by atoms with Gasteiger partial charge in [-0.15, -0.1) is 0 Å². The Morgan fingerprint density at radius 3 is 1.90 bits per heavy atom. The van der Waals surface area contributed by atoms with Crippen molar-refractivity contribution in [3.63, 3.8) is 0 Å². The smallest absolute Gasteiger partial charge is 0.407 e. The number of nitrogens with zero attached hydrogens (tertiary/aromatic N) is 1. The lowest BCUT2D eigenvalue weighted by atomic mass is 9.86. The van der Waals surface area contributed by atoms with Gasteiger partial charge in [0.05, 0.1) is 0 Å². The zero-order valence-electron chi connectivity index (χ0n) is 30.9. The molecule has 1 aromatic carbocycles. The first kappa shape index (κ1) is 41.1. The largest absolute Gasteiger partial charge is 0.460 e. The fourth-order valence-corrected chi connectivity index (χ4v) is 6.69. The van der Waals surface area contributed by atoms with Gasteiger partial charge in [-0.25, -0.2) is 14.2 Å². The molecule has 2 aromatic rings. The van der Waals surface area contributed by atoms with Crippen LogP contribution in [0.15, 0.2) is 54.7 Å². The molecule has 9 heteroatoms. The third kappa shape index (κ3) is 13.4. The monoisotopic (exact) mass is 694 g/mol. The zero-order valence-corrected chi connectivity index (χ0v) is 30.9. The van der Waals surface area contributed by atoms with Crippen LogP contribution < -0.4 is 15.6 Å². The van der Waals surface area contributed by atoms with Crippen LogP contribution >= 0.6 is 0 Å². The molecule has 9 nitrogen and oxygen atoms in total. The molecule has 1 aliphatic rings. The zero-order chi connectivity index (χ0) is 35.9. The first-order valence-corrected chi connectivity index (χ1v) is 19.5. The Labute approximate surface area is 301 Å². The van der Waals surface area contributed by atoms with E-state index in [1.807, 2.05) is 13.0 Å². The molecule has 0 aliphatic carbocycles. The Balaban J connectivity index is 1.36. The molecule has 50 heavy (non-hydrogen) atoms. The third-order valence-corrected chi connectivity index (χ3v) is 9.82. The van der Waals surface area contributed by atoms with Crippen molar-refractivity contribution >= 4 is 17.8 Å². The molecule has 2 unspecified atom stereocenters. The summed E-state index contributed by atoms with van der Waals surface area (Å²) in [7, 11) is 0. The molecule has 3 N–H and O–H groups in total. The van der Waals surface area contributed by atoms with Crippen LogP contribution in [0, 0.1) is 0 Å². The minimum Gasteiger partial charge on any atom is -0.460 e. The van der Waals surface area contributed by atoms with E-state index in [0.717, 1.165) is 19.3 Å². The van der Waals surface area contributed by atoms with E-state index in [2.05, 4.69) is 12.2 Å². The summed E-state index contributed by atoms with van der Waals surface area (Å²) in [6.45, 7) is 5.41. The van der Waals surface area contributed by atoms with Gasteiger partial charge in [-0.05, 0) is 26.2 Å². The average Bonchev–Trinajstić information content (AvgIpc) is 3.63. The molecule has 3 rings (SSSR count). The maximum Gasteiger partial charge on any atom is 0.407 e. The maximum absolute atomic E-state index is 13.8. The number of hydrogen-bond acceptors (Lipinski definition) is 7. The molecular weight excluding hydrogens is 630 g/mol. The molecule has 2 heterocycles. The second-order valence-electron chi connectivity index (χ2n) is 13.9. The fourth-order valence-electron chi connectivity index (χ4n) is 6.69. The van der Waals surface area contributed by atoms with Gasteiger partial charge < -0.3 is 25.3 Å². The molecule has 0 saturated carbocycles. The molecule has 2 atom stereocenters. The molecular formula is C41H64N3O6+. The number of amides is 1. The lowest BCUT2D eigenvalue weighted by molar-refractivity contribution is -0.702. The highest BCUT2D eigenvalue weighted by Gasteiger charge is 2.53. The van der Waals surface area contributed by atoms with Crippen molar-refractivity contribution in [3.8, 4) is 0 Å². The molecule has 0 spiro atoms. The normalized spacial score (nSPS) is 16.9. The molecule has 1 aliphatic heterocycles. The van der Waals surface area contributed by atoms with Crippen LogP contribution in [0.5, 0.6) is 0 Å². The van der Waals surface area contributed by atoms with E-state index in [1.165, 1.54) is 89.9 Å². The number of nitrogens with one attached hydrogen (secondary N) is 1. The highest BCUT2D eigenvalue weighted by atomic mass is 16.6. The summed E-state index contributed by atoms with van der Waals surface area (Å²) in [4.78, 5) is 40.2. The van der Waals surface area contributed by atoms with E-state index in [0.29, 0.717) is 37.4 Å². The highest BCUT2D eigenvalue weighted by molar-refractivity contribution is 6.16. The topological polar surface area (TPSA) is 121 Å². The number of rotatable bonds is 26. The SMILES string of the molecule is CCCCCCCCCCCCCCCCCCNC(=O)OCC1(COC(=O)C(N)(C(=O)c2ccccc2)c2cccc[n+]2CC)CCCO1. The van der Waals surface area contributed by atoms with Crippen LogP contribution in [-0.4, -0.2) is 49.8 Å². The number of ether oxygens (including phenoxy) is 3. The number of aromatic nitrogens is 1. The summed E-state index contributed by atoms with van der Waals surface area (Å²) >= 11 is 0. The lowest BCUT2D eigenvalue weighted by Gasteiger charge is -2.30. The van der Waals surface area contributed by atoms with Gasteiger partial charge in [-0.2, -0.15) is 0 Å². The number of Topliss-reactive ketones (excluding diaryl/α,β-unsaturated/α-hetero) is 1. The second kappa shape index (κ2) is 23.2. The number of hydrogen-bond donors (Lipinski definition) is 2. The van der Waals surface area contributed by atoms with E-state index in [4.69, 9.17) is 19.9 Å².